The van der Waals surface area contributed by atoms with Crippen molar-refractivity contribution in [3.63, 3.8) is 0 Å². The second-order valence-electron chi connectivity index (χ2n) is 6.94. The van der Waals surface area contributed by atoms with Gasteiger partial charge in [0.2, 0.25) is 0 Å². The van der Waals surface area contributed by atoms with Crippen molar-refractivity contribution in [1.29, 1.82) is 0 Å². The van der Waals surface area contributed by atoms with E-state index in [-0.39, 0.29) is 28.5 Å². The summed E-state index contributed by atoms with van der Waals surface area (Å²) in [5.41, 5.74) is 0.974. The second kappa shape index (κ2) is 11.2. The highest BCUT2D eigenvalue weighted by Gasteiger charge is 2.34. The van der Waals surface area contributed by atoms with Gasteiger partial charge in [-0.05, 0) is 73.1 Å². The van der Waals surface area contributed by atoms with Gasteiger partial charge in [0.1, 0.15) is 5.82 Å². The average Bonchev–Trinajstić information content (AvgIpc) is 3.02. The van der Waals surface area contributed by atoms with Gasteiger partial charge in [-0.25, -0.2) is 4.39 Å². The first kappa shape index (κ1) is 24.6. The average molecular weight is 493 g/mol. The van der Waals surface area contributed by atoms with Crippen LogP contribution in [0.1, 0.15) is 25.8 Å². The summed E-state index contributed by atoms with van der Waals surface area (Å²) in [5.74, 6) is -0.761. The fourth-order valence-corrected chi connectivity index (χ4v) is 4.15. The lowest BCUT2D eigenvalue weighted by Crippen LogP contribution is -2.28. The fourth-order valence-electron chi connectivity index (χ4n) is 3.01. The first-order valence-corrected chi connectivity index (χ1v) is 11.4. The number of halogens is 2. The van der Waals surface area contributed by atoms with Crippen molar-refractivity contribution in [2.24, 2.45) is 0 Å². The topological polar surface area (TPSA) is 84.9 Å². The number of rotatable bonds is 9. The summed E-state index contributed by atoms with van der Waals surface area (Å²) in [6.45, 7) is 3.98. The van der Waals surface area contributed by atoms with Crippen LogP contribution in [0.15, 0.2) is 41.3 Å². The molecule has 0 aromatic heterocycles. The second-order valence-corrected chi connectivity index (χ2v) is 8.34. The predicted octanol–water partition coefficient (Wildman–Crippen LogP) is 5.34. The molecular formula is C23H22ClFN2O5S. The van der Waals surface area contributed by atoms with Crippen LogP contribution in [0.25, 0.3) is 6.08 Å². The lowest BCUT2D eigenvalue weighted by atomic mass is 10.1. The monoisotopic (exact) mass is 492 g/mol. The Morgan fingerprint density at radius 1 is 1.18 bits per heavy atom. The third kappa shape index (κ3) is 6.27. The van der Waals surface area contributed by atoms with E-state index in [0.29, 0.717) is 41.5 Å². The molecule has 3 amide bonds. The Hall–Kier alpha value is -3.04. The third-order valence-corrected chi connectivity index (χ3v) is 5.61. The number of carbonyl (C=O) groups excluding carboxylic acids is 3. The molecule has 0 unspecified atom stereocenters. The number of anilines is 1. The number of imide groups is 1. The fraction of sp³-hybridized carbons (Fsp3) is 0.261. The maximum absolute atomic E-state index is 13.0. The summed E-state index contributed by atoms with van der Waals surface area (Å²) in [6.07, 6.45) is 2.24. The van der Waals surface area contributed by atoms with Crippen LogP contribution in [0, 0.1) is 5.82 Å². The largest absolute Gasteiger partial charge is 0.490 e. The van der Waals surface area contributed by atoms with Crippen molar-refractivity contribution in [3.05, 3.63) is 57.7 Å². The molecule has 0 bridgehead atoms. The van der Waals surface area contributed by atoms with Gasteiger partial charge in [0.05, 0.1) is 16.5 Å². The number of nitrogens with zero attached hydrogens (tertiary/aromatic N) is 1. The Labute approximate surface area is 199 Å². The van der Waals surface area contributed by atoms with E-state index < -0.39 is 11.7 Å². The van der Waals surface area contributed by atoms with E-state index >= 15 is 0 Å². The number of carbonyl (C=O) groups is 3. The molecule has 0 spiro atoms. The van der Waals surface area contributed by atoms with Crippen LogP contribution in [0.5, 0.6) is 11.5 Å². The van der Waals surface area contributed by atoms with E-state index in [9.17, 15) is 18.8 Å². The number of thioether (sulfide) groups is 1. The molecule has 0 atom stereocenters. The molecule has 10 heteroatoms. The SMILES string of the molecule is CCCN1C(=O)S/C(=C/c2cc(Cl)c(OCC(=O)Nc3ccc(F)cc3)c(OCC)c2)C1=O. The van der Waals surface area contributed by atoms with Crippen LogP contribution >= 0.6 is 23.4 Å². The van der Waals surface area contributed by atoms with Crippen LogP contribution in [0.3, 0.4) is 0 Å². The van der Waals surface area contributed by atoms with Crippen molar-refractivity contribution in [1.82, 2.24) is 4.90 Å². The minimum absolute atomic E-state index is 0.170. The summed E-state index contributed by atoms with van der Waals surface area (Å²) >= 11 is 7.25. The van der Waals surface area contributed by atoms with Crippen molar-refractivity contribution in [2.75, 3.05) is 25.1 Å². The molecule has 1 aliphatic rings. The molecule has 1 saturated heterocycles. The number of benzene rings is 2. The Balaban J connectivity index is 1.75. The Morgan fingerprint density at radius 3 is 2.58 bits per heavy atom. The molecule has 2 aromatic rings. The number of hydrogen-bond donors (Lipinski definition) is 1. The van der Waals surface area contributed by atoms with E-state index in [1.807, 2.05) is 6.92 Å². The standard InChI is InChI=1S/C23H22ClFN2O5S/c1-3-9-27-22(29)19(33-23(27)30)12-14-10-17(24)21(18(11-14)31-4-2)32-13-20(28)26-16-7-5-15(25)6-8-16/h5-8,10-12H,3-4,9,13H2,1-2H3,(H,26,28)/b19-12+. The first-order valence-electron chi connectivity index (χ1n) is 10.2. The van der Waals surface area contributed by atoms with Gasteiger partial charge in [-0.3, -0.25) is 19.3 Å². The number of nitrogens with one attached hydrogen (secondary N) is 1. The summed E-state index contributed by atoms with van der Waals surface area (Å²) in [4.78, 5) is 38.2. The van der Waals surface area contributed by atoms with Crippen LogP contribution in [0.2, 0.25) is 5.02 Å². The highest BCUT2D eigenvalue weighted by atomic mass is 35.5. The zero-order chi connectivity index (χ0) is 24.0. The quantitative estimate of drug-likeness (QED) is 0.475. The first-order chi connectivity index (χ1) is 15.8. The van der Waals surface area contributed by atoms with Gasteiger partial charge in [0, 0.05) is 12.2 Å². The molecule has 1 aliphatic heterocycles. The number of amides is 3. The Kier molecular flexibility index (Phi) is 8.35. The molecule has 33 heavy (non-hydrogen) atoms. The third-order valence-electron chi connectivity index (χ3n) is 4.43. The molecule has 2 aromatic carbocycles. The summed E-state index contributed by atoms with van der Waals surface area (Å²) in [5, 5.41) is 2.46. The molecule has 1 fully saturated rings. The maximum Gasteiger partial charge on any atom is 0.293 e. The minimum atomic E-state index is -0.464. The summed E-state index contributed by atoms with van der Waals surface area (Å²) in [7, 11) is 0. The van der Waals surface area contributed by atoms with Crippen LogP contribution in [0.4, 0.5) is 14.9 Å². The Morgan fingerprint density at radius 2 is 1.91 bits per heavy atom. The van der Waals surface area contributed by atoms with Gasteiger partial charge in [-0.2, -0.15) is 0 Å². The molecule has 1 heterocycles. The molecular weight excluding hydrogens is 471 g/mol. The summed E-state index contributed by atoms with van der Waals surface area (Å²) in [6, 6.07) is 8.51. The zero-order valence-corrected chi connectivity index (χ0v) is 19.6. The van der Waals surface area contributed by atoms with Gasteiger partial charge >= 0.3 is 0 Å². The molecule has 0 saturated carbocycles. The van der Waals surface area contributed by atoms with Gasteiger partial charge < -0.3 is 14.8 Å². The van der Waals surface area contributed by atoms with Crippen molar-refractivity contribution < 1.29 is 28.2 Å². The van der Waals surface area contributed by atoms with Crippen molar-refractivity contribution in [3.8, 4) is 11.5 Å². The summed E-state index contributed by atoms with van der Waals surface area (Å²) < 4.78 is 24.2. The smallest absolute Gasteiger partial charge is 0.293 e. The minimum Gasteiger partial charge on any atom is -0.490 e. The number of hydrogen-bond acceptors (Lipinski definition) is 6. The van der Waals surface area contributed by atoms with Gasteiger partial charge in [0.25, 0.3) is 17.1 Å². The van der Waals surface area contributed by atoms with Crippen molar-refractivity contribution >= 4 is 52.2 Å². The lowest BCUT2D eigenvalue weighted by Gasteiger charge is -2.14. The van der Waals surface area contributed by atoms with E-state index in [4.69, 9.17) is 21.1 Å². The van der Waals surface area contributed by atoms with E-state index in [1.165, 1.54) is 29.2 Å². The van der Waals surface area contributed by atoms with Crippen LogP contribution in [-0.2, 0) is 9.59 Å². The highest BCUT2D eigenvalue weighted by Crippen LogP contribution is 2.39. The molecule has 0 aliphatic carbocycles. The van der Waals surface area contributed by atoms with Gasteiger partial charge in [-0.1, -0.05) is 18.5 Å². The molecule has 0 radical (unpaired) electrons. The van der Waals surface area contributed by atoms with Crippen LogP contribution in [-0.4, -0.2) is 41.7 Å². The lowest BCUT2D eigenvalue weighted by molar-refractivity contribution is -0.122. The van der Waals surface area contributed by atoms with Gasteiger partial charge in [0.15, 0.2) is 18.1 Å². The zero-order valence-electron chi connectivity index (χ0n) is 18.0. The predicted molar refractivity (Wildman–Crippen MR) is 126 cm³/mol. The molecule has 174 valence electrons. The van der Waals surface area contributed by atoms with E-state index in [1.54, 1.807) is 25.1 Å². The maximum atomic E-state index is 13.0. The number of ether oxygens (including phenoxy) is 2. The Bertz CT molecular complexity index is 1090. The van der Waals surface area contributed by atoms with Crippen molar-refractivity contribution in [2.45, 2.75) is 20.3 Å². The van der Waals surface area contributed by atoms with E-state index in [2.05, 4.69) is 5.32 Å². The molecule has 3 rings (SSSR count). The van der Waals surface area contributed by atoms with E-state index in [0.717, 1.165) is 11.8 Å². The van der Waals surface area contributed by atoms with Gasteiger partial charge in [-0.15, -0.1) is 0 Å². The van der Waals surface area contributed by atoms with Crippen LogP contribution < -0.4 is 14.8 Å². The normalized spacial score (nSPS) is 14.7. The highest BCUT2D eigenvalue weighted by molar-refractivity contribution is 8.18. The molecule has 1 N–H and O–H groups in total. The molecule has 7 nitrogen and oxygen atoms in total.